The second kappa shape index (κ2) is 6.64. The van der Waals surface area contributed by atoms with Crippen LogP contribution < -0.4 is 0 Å². The second-order valence-electron chi connectivity index (χ2n) is 4.94. The van der Waals surface area contributed by atoms with Crippen LogP contribution in [0.25, 0.3) is 0 Å². The number of rotatable bonds is 4. The summed E-state index contributed by atoms with van der Waals surface area (Å²) in [5, 5.41) is 0. The Balaban J connectivity index is 1.82. The number of carbonyl (C=O) groups is 1. The van der Waals surface area contributed by atoms with E-state index in [1.54, 1.807) is 12.1 Å². The summed E-state index contributed by atoms with van der Waals surface area (Å²) in [5.41, 5.74) is 0.617. The molecule has 1 fully saturated rings. The Morgan fingerprint density at radius 2 is 1.67 bits per heavy atom. The summed E-state index contributed by atoms with van der Waals surface area (Å²) in [6.07, 6.45) is 5.63. The molecule has 1 heterocycles. The molecular formula is C15H20FNO. The monoisotopic (exact) mass is 249 g/mol. The first-order valence-corrected chi connectivity index (χ1v) is 6.77. The molecule has 1 aliphatic rings. The summed E-state index contributed by atoms with van der Waals surface area (Å²) in [6, 6.07) is 5.83. The fourth-order valence-corrected chi connectivity index (χ4v) is 2.40. The second-order valence-corrected chi connectivity index (χ2v) is 4.94. The molecule has 98 valence electrons. The third kappa shape index (κ3) is 3.91. The molecule has 18 heavy (non-hydrogen) atoms. The lowest BCUT2D eigenvalue weighted by Gasteiger charge is -2.18. The highest BCUT2D eigenvalue weighted by Crippen LogP contribution is 2.11. The van der Waals surface area contributed by atoms with E-state index < -0.39 is 0 Å². The zero-order chi connectivity index (χ0) is 12.8. The average molecular weight is 249 g/mol. The lowest BCUT2D eigenvalue weighted by molar-refractivity contribution is 0.0965. The van der Waals surface area contributed by atoms with Crippen LogP contribution in [0.4, 0.5) is 4.39 Å². The van der Waals surface area contributed by atoms with Gasteiger partial charge in [-0.1, -0.05) is 12.8 Å². The highest BCUT2D eigenvalue weighted by atomic mass is 19.1. The number of halogens is 1. The van der Waals surface area contributed by atoms with Crippen LogP contribution in [0, 0.1) is 5.82 Å². The topological polar surface area (TPSA) is 20.3 Å². The molecule has 0 bridgehead atoms. The predicted octanol–water partition coefficient (Wildman–Crippen LogP) is 3.27. The number of ketones is 1. The van der Waals surface area contributed by atoms with Crippen LogP contribution in [0.15, 0.2) is 24.3 Å². The lowest BCUT2D eigenvalue weighted by atomic mass is 10.1. The number of nitrogens with zero attached hydrogens (tertiary/aromatic N) is 1. The summed E-state index contributed by atoms with van der Waals surface area (Å²) < 4.78 is 12.8. The van der Waals surface area contributed by atoms with Gasteiger partial charge in [-0.05, 0) is 50.2 Å². The van der Waals surface area contributed by atoms with Crippen molar-refractivity contribution in [3.63, 3.8) is 0 Å². The standard InChI is InChI=1S/C15H20FNO/c16-14-7-5-13(6-8-14)15(18)9-12-17-10-3-1-2-4-11-17/h5-8H,1-4,9-12H2. The average Bonchev–Trinajstić information content (AvgIpc) is 2.65. The summed E-state index contributed by atoms with van der Waals surface area (Å²) in [4.78, 5) is 14.3. The van der Waals surface area contributed by atoms with Crippen molar-refractivity contribution < 1.29 is 9.18 Å². The third-order valence-electron chi connectivity index (χ3n) is 3.52. The largest absolute Gasteiger partial charge is 0.303 e. The number of Topliss-reactive ketones (excluding diaryl/α,β-unsaturated/α-hetero) is 1. The molecule has 0 aromatic heterocycles. The minimum Gasteiger partial charge on any atom is -0.303 e. The van der Waals surface area contributed by atoms with Crippen molar-refractivity contribution in [2.45, 2.75) is 32.1 Å². The molecule has 1 aromatic rings. The Morgan fingerprint density at radius 3 is 2.28 bits per heavy atom. The number of hydrogen-bond donors (Lipinski definition) is 0. The smallest absolute Gasteiger partial charge is 0.164 e. The van der Waals surface area contributed by atoms with Crippen LogP contribution in [0.2, 0.25) is 0 Å². The van der Waals surface area contributed by atoms with E-state index in [2.05, 4.69) is 4.90 Å². The fraction of sp³-hybridized carbons (Fsp3) is 0.533. The van der Waals surface area contributed by atoms with E-state index in [-0.39, 0.29) is 11.6 Å². The minimum atomic E-state index is -0.293. The molecule has 3 heteroatoms. The van der Waals surface area contributed by atoms with Crippen LogP contribution in [-0.4, -0.2) is 30.3 Å². The van der Waals surface area contributed by atoms with Crippen molar-refractivity contribution in [1.82, 2.24) is 4.90 Å². The van der Waals surface area contributed by atoms with Gasteiger partial charge in [-0.2, -0.15) is 0 Å². The van der Waals surface area contributed by atoms with Crippen molar-refractivity contribution in [3.8, 4) is 0 Å². The van der Waals surface area contributed by atoms with Gasteiger partial charge in [-0.25, -0.2) is 4.39 Å². The van der Waals surface area contributed by atoms with Crippen LogP contribution in [0.5, 0.6) is 0 Å². The summed E-state index contributed by atoms with van der Waals surface area (Å²) >= 11 is 0. The van der Waals surface area contributed by atoms with Gasteiger partial charge in [0.2, 0.25) is 0 Å². The van der Waals surface area contributed by atoms with E-state index in [4.69, 9.17) is 0 Å². The Kier molecular flexibility index (Phi) is 4.88. The Bertz CT molecular complexity index is 380. The minimum absolute atomic E-state index is 0.110. The first-order chi connectivity index (χ1) is 8.75. The number of hydrogen-bond acceptors (Lipinski definition) is 2. The van der Waals surface area contributed by atoms with Gasteiger partial charge in [0.15, 0.2) is 5.78 Å². The molecular weight excluding hydrogens is 229 g/mol. The van der Waals surface area contributed by atoms with E-state index in [1.807, 2.05) is 0 Å². The third-order valence-corrected chi connectivity index (χ3v) is 3.52. The molecule has 1 aromatic carbocycles. The molecule has 0 N–H and O–H groups in total. The van der Waals surface area contributed by atoms with E-state index in [1.165, 1.54) is 37.8 Å². The van der Waals surface area contributed by atoms with Crippen molar-refractivity contribution in [2.24, 2.45) is 0 Å². The van der Waals surface area contributed by atoms with Crippen molar-refractivity contribution in [3.05, 3.63) is 35.6 Å². The summed E-state index contributed by atoms with van der Waals surface area (Å²) in [5.74, 6) is -0.182. The van der Waals surface area contributed by atoms with Crippen LogP contribution in [0.3, 0.4) is 0 Å². The van der Waals surface area contributed by atoms with Gasteiger partial charge in [0.1, 0.15) is 5.82 Å². The van der Waals surface area contributed by atoms with Crippen molar-refractivity contribution in [2.75, 3.05) is 19.6 Å². The van der Waals surface area contributed by atoms with Gasteiger partial charge < -0.3 is 4.90 Å². The first-order valence-electron chi connectivity index (χ1n) is 6.77. The van der Waals surface area contributed by atoms with Gasteiger partial charge in [-0.3, -0.25) is 4.79 Å². The van der Waals surface area contributed by atoms with E-state index in [0.717, 1.165) is 19.6 Å². The first kappa shape index (κ1) is 13.2. The Labute approximate surface area is 108 Å². The van der Waals surface area contributed by atoms with Gasteiger partial charge in [0.25, 0.3) is 0 Å². The molecule has 0 atom stereocenters. The Hall–Kier alpha value is -1.22. The number of carbonyl (C=O) groups excluding carboxylic acids is 1. The molecule has 0 spiro atoms. The highest BCUT2D eigenvalue weighted by Gasteiger charge is 2.12. The number of likely N-dealkylation sites (tertiary alicyclic amines) is 1. The molecule has 1 aliphatic heterocycles. The lowest BCUT2D eigenvalue weighted by Crippen LogP contribution is -2.27. The van der Waals surface area contributed by atoms with Gasteiger partial charge in [0.05, 0.1) is 0 Å². The number of benzene rings is 1. The van der Waals surface area contributed by atoms with Crippen LogP contribution in [-0.2, 0) is 0 Å². The molecule has 0 saturated carbocycles. The molecule has 1 saturated heterocycles. The molecule has 2 nitrogen and oxygen atoms in total. The molecule has 0 unspecified atom stereocenters. The van der Waals surface area contributed by atoms with Gasteiger partial charge in [0, 0.05) is 18.5 Å². The van der Waals surface area contributed by atoms with Crippen LogP contribution in [0.1, 0.15) is 42.5 Å². The van der Waals surface area contributed by atoms with Gasteiger partial charge >= 0.3 is 0 Å². The fourth-order valence-electron chi connectivity index (χ4n) is 2.40. The van der Waals surface area contributed by atoms with Crippen molar-refractivity contribution >= 4 is 5.78 Å². The van der Waals surface area contributed by atoms with E-state index >= 15 is 0 Å². The highest BCUT2D eigenvalue weighted by molar-refractivity contribution is 5.96. The molecule has 2 rings (SSSR count). The summed E-state index contributed by atoms with van der Waals surface area (Å²) in [6.45, 7) is 3.05. The maximum atomic E-state index is 12.8. The maximum Gasteiger partial charge on any atom is 0.164 e. The Morgan fingerprint density at radius 1 is 1.06 bits per heavy atom. The van der Waals surface area contributed by atoms with Crippen LogP contribution >= 0.6 is 0 Å². The van der Waals surface area contributed by atoms with Crippen molar-refractivity contribution in [1.29, 1.82) is 0 Å². The van der Waals surface area contributed by atoms with E-state index in [9.17, 15) is 9.18 Å². The van der Waals surface area contributed by atoms with Gasteiger partial charge in [-0.15, -0.1) is 0 Å². The normalized spacial score (nSPS) is 17.4. The molecule has 0 amide bonds. The zero-order valence-corrected chi connectivity index (χ0v) is 10.7. The molecule has 0 aliphatic carbocycles. The molecule has 0 radical (unpaired) electrons. The quantitative estimate of drug-likeness (QED) is 0.763. The summed E-state index contributed by atoms with van der Waals surface area (Å²) in [7, 11) is 0. The van der Waals surface area contributed by atoms with E-state index in [0.29, 0.717) is 12.0 Å². The SMILES string of the molecule is O=C(CCN1CCCCCC1)c1ccc(F)cc1. The zero-order valence-electron chi connectivity index (χ0n) is 10.7. The maximum absolute atomic E-state index is 12.8. The predicted molar refractivity (Wildman–Crippen MR) is 70.3 cm³/mol.